The summed E-state index contributed by atoms with van der Waals surface area (Å²) in [5.74, 6) is 1.66. The number of para-hydroxylation sites is 2. The van der Waals surface area contributed by atoms with E-state index in [-0.39, 0.29) is 0 Å². The Kier molecular flexibility index (Phi) is 6.29. The second-order valence-corrected chi connectivity index (χ2v) is 7.74. The lowest BCUT2D eigenvalue weighted by Crippen LogP contribution is -2.24. The minimum absolute atomic E-state index is 0.744. The fraction of sp³-hybridized carbons (Fsp3) is 0.360. The molecule has 0 unspecified atom stereocenters. The van der Waals surface area contributed by atoms with E-state index in [1.165, 1.54) is 17.4 Å². The molecule has 4 rings (SSSR count). The lowest BCUT2D eigenvalue weighted by Gasteiger charge is -2.17. The van der Waals surface area contributed by atoms with Crippen molar-refractivity contribution in [3.63, 3.8) is 0 Å². The van der Waals surface area contributed by atoms with Crippen LogP contribution in [0.4, 0.5) is 5.82 Å². The van der Waals surface area contributed by atoms with Gasteiger partial charge in [-0.1, -0.05) is 44.2 Å². The van der Waals surface area contributed by atoms with Crippen LogP contribution in [-0.4, -0.2) is 46.0 Å². The molecular weight excluding hydrogens is 370 g/mol. The molecule has 0 fully saturated rings. The topological polar surface area (TPSA) is 56.8 Å². The molecule has 0 aliphatic carbocycles. The third-order valence-corrected chi connectivity index (χ3v) is 5.88. The number of aromatic nitrogens is 3. The number of benzene rings is 2. The van der Waals surface area contributed by atoms with Gasteiger partial charge in [0.15, 0.2) is 5.82 Å². The zero-order valence-electron chi connectivity index (χ0n) is 18.2. The summed E-state index contributed by atoms with van der Waals surface area (Å²) in [7, 11) is 0. The first kappa shape index (κ1) is 20.4. The van der Waals surface area contributed by atoms with Crippen molar-refractivity contribution in [1.82, 2.24) is 19.9 Å². The van der Waals surface area contributed by atoms with E-state index in [0.717, 1.165) is 66.4 Å². The Morgan fingerprint density at radius 2 is 1.63 bits per heavy atom. The van der Waals surface area contributed by atoms with E-state index in [0.29, 0.717) is 0 Å². The molecular formula is C25H31N5. The minimum Gasteiger partial charge on any atom is -0.369 e. The number of aromatic amines is 1. The number of unbranched alkanes of at least 4 members (excludes halogenated alkanes) is 1. The molecule has 30 heavy (non-hydrogen) atoms. The van der Waals surface area contributed by atoms with Gasteiger partial charge in [0, 0.05) is 22.8 Å². The summed E-state index contributed by atoms with van der Waals surface area (Å²) in [6, 6.07) is 16.6. The molecule has 0 saturated heterocycles. The van der Waals surface area contributed by atoms with E-state index in [2.05, 4.69) is 72.4 Å². The van der Waals surface area contributed by atoms with Crippen molar-refractivity contribution in [2.24, 2.45) is 0 Å². The second kappa shape index (κ2) is 9.26. The molecule has 0 aliphatic heterocycles. The van der Waals surface area contributed by atoms with Crippen LogP contribution in [-0.2, 0) is 0 Å². The van der Waals surface area contributed by atoms with Crippen LogP contribution in [0.1, 0.15) is 32.3 Å². The van der Waals surface area contributed by atoms with Gasteiger partial charge < -0.3 is 15.2 Å². The third-order valence-electron chi connectivity index (χ3n) is 5.88. The second-order valence-electron chi connectivity index (χ2n) is 7.74. The molecule has 2 N–H and O–H groups in total. The number of fused-ring (bicyclic) bond motifs is 2. The van der Waals surface area contributed by atoms with Crippen LogP contribution in [0, 0.1) is 6.92 Å². The van der Waals surface area contributed by atoms with E-state index >= 15 is 0 Å². The van der Waals surface area contributed by atoms with Gasteiger partial charge in [-0.25, -0.2) is 9.97 Å². The number of H-pyrrole nitrogens is 1. The van der Waals surface area contributed by atoms with Crippen molar-refractivity contribution in [2.75, 3.05) is 31.5 Å². The number of aryl methyl sites for hydroxylation is 1. The Labute approximate surface area is 178 Å². The average molecular weight is 402 g/mol. The van der Waals surface area contributed by atoms with Gasteiger partial charge >= 0.3 is 0 Å². The predicted molar refractivity (Wildman–Crippen MR) is 127 cm³/mol. The summed E-state index contributed by atoms with van der Waals surface area (Å²) in [4.78, 5) is 15.8. The van der Waals surface area contributed by atoms with E-state index in [4.69, 9.17) is 9.97 Å². The van der Waals surface area contributed by atoms with Crippen molar-refractivity contribution >= 4 is 27.6 Å². The summed E-state index contributed by atoms with van der Waals surface area (Å²) in [5.41, 5.74) is 4.26. The quantitative estimate of drug-likeness (QED) is 0.357. The van der Waals surface area contributed by atoms with Crippen molar-refractivity contribution in [3.8, 4) is 11.5 Å². The first-order valence-corrected chi connectivity index (χ1v) is 11.0. The Morgan fingerprint density at radius 1 is 0.900 bits per heavy atom. The van der Waals surface area contributed by atoms with Gasteiger partial charge in [-0.2, -0.15) is 0 Å². The highest BCUT2D eigenvalue weighted by Gasteiger charge is 2.14. The molecule has 0 atom stereocenters. The lowest BCUT2D eigenvalue weighted by atomic mass is 10.1. The lowest BCUT2D eigenvalue weighted by molar-refractivity contribution is 0.298. The molecule has 0 aliphatic rings. The van der Waals surface area contributed by atoms with Gasteiger partial charge in [-0.3, -0.25) is 0 Å². The monoisotopic (exact) mass is 401 g/mol. The highest BCUT2D eigenvalue weighted by molar-refractivity contribution is 5.93. The molecule has 4 aromatic rings. The smallest absolute Gasteiger partial charge is 0.178 e. The molecule has 2 heterocycles. The van der Waals surface area contributed by atoms with Gasteiger partial charge in [0.1, 0.15) is 5.82 Å². The first-order chi connectivity index (χ1) is 14.7. The number of nitrogens with zero attached hydrogens (tertiary/aromatic N) is 3. The third kappa shape index (κ3) is 4.17. The predicted octanol–water partition coefficient (Wildman–Crippen LogP) is 5.62. The van der Waals surface area contributed by atoms with Crippen molar-refractivity contribution < 1.29 is 0 Å². The van der Waals surface area contributed by atoms with Crippen molar-refractivity contribution in [3.05, 3.63) is 54.1 Å². The van der Waals surface area contributed by atoms with Gasteiger partial charge in [0.25, 0.3) is 0 Å². The Bertz CT molecular complexity index is 1130. The van der Waals surface area contributed by atoms with Crippen LogP contribution >= 0.6 is 0 Å². The maximum atomic E-state index is 4.93. The van der Waals surface area contributed by atoms with Crippen LogP contribution in [0.3, 0.4) is 0 Å². The van der Waals surface area contributed by atoms with Crippen LogP contribution in [0.15, 0.2) is 48.5 Å². The highest BCUT2D eigenvalue weighted by Crippen LogP contribution is 2.30. The molecule has 0 radical (unpaired) electrons. The van der Waals surface area contributed by atoms with Crippen LogP contribution in [0.5, 0.6) is 0 Å². The SMILES string of the molecule is CCN(CC)CCCCNc1nc(-c2[nH]c3ccccc3c2C)nc2ccccc12. The molecule has 0 spiro atoms. The van der Waals surface area contributed by atoms with E-state index in [1.807, 2.05) is 12.1 Å². The summed E-state index contributed by atoms with van der Waals surface area (Å²) < 4.78 is 0. The Morgan fingerprint density at radius 3 is 2.40 bits per heavy atom. The van der Waals surface area contributed by atoms with Crippen LogP contribution in [0.25, 0.3) is 33.3 Å². The molecule has 2 aromatic heterocycles. The number of anilines is 1. The van der Waals surface area contributed by atoms with Gasteiger partial charge in [0.2, 0.25) is 0 Å². The largest absolute Gasteiger partial charge is 0.369 e. The summed E-state index contributed by atoms with van der Waals surface area (Å²) >= 11 is 0. The minimum atomic E-state index is 0.744. The summed E-state index contributed by atoms with van der Waals surface area (Å²) in [5, 5.41) is 5.86. The maximum Gasteiger partial charge on any atom is 0.178 e. The normalized spacial score (nSPS) is 11.6. The van der Waals surface area contributed by atoms with Crippen LogP contribution in [0.2, 0.25) is 0 Å². The van der Waals surface area contributed by atoms with Crippen LogP contribution < -0.4 is 5.32 Å². The molecule has 5 heteroatoms. The van der Waals surface area contributed by atoms with E-state index in [9.17, 15) is 0 Å². The van der Waals surface area contributed by atoms with E-state index < -0.39 is 0 Å². The number of hydrogen-bond donors (Lipinski definition) is 2. The maximum absolute atomic E-state index is 4.93. The molecule has 2 aromatic carbocycles. The number of rotatable bonds is 9. The average Bonchev–Trinajstić information content (AvgIpc) is 3.13. The molecule has 0 bridgehead atoms. The van der Waals surface area contributed by atoms with Gasteiger partial charge in [-0.05, 0) is 63.2 Å². The standard InChI is InChI=1S/C25H31N5/c1-4-30(5-2)17-11-10-16-26-24-20-13-7-9-15-22(20)28-25(29-24)23-18(3)19-12-6-8-14-21(19)27-23/h6-9,12-15,27H,4-5,10-11,16-17H2,1-3H3,(H,26,28,29). The van der Waals surface area contributed by atoms with Gasteiger partial charge in [-0.15, -0.1) is 0 Å². The zero-order chi connectivity index (χ0) is 20.9. The fourth-order valence-electron chi connectivity index (χ4n) is 4.04. The van der Waals surface area contributed by atoms with Gasteiger partial charge in [0.05, 0.1) is 11.2 Å². The Balaban J connectivity index is 1.59. The first-order valence-electron chi connectivity index (χ1n) is 11.0. The van der Waals surface area contributed by atoms with Crippen molar-refractivity contribution in [1.29, 1.82) is 0 Å². The molecule has 0 saturated carbocycles. The van der Waals surface area contributed by atoms with Crippen molar-refractivity contribution in [2.45, 2.75) is 33.6 Å². The zero-order valence-corrected chi connectivity index (χ0v) is 18.2. The summed E-state index contributed by atoms with van der Waals surface area (Å²) in [6.07, 6.45) is 2.31. The fourth-order valence-corrected chi connectivity index (χ4v) is 4.04. The highest BCUT2D eigenvalue weighted by atomic mass is 15.1. The summed E-state index contributed by atoms with van der Waals surface area (Å²) in [6.45, 7) is 10.9. The number of hydrogen-bond acceptors (Lipinski definition) is 4. The molecule has 0 amide bonds. The Hall–Kier alpha value is -2.92. The molecule has 5 nitrogen and oxygen atoms in total. The molecule has 156 valence electrons. The van der Waals surface area contributed by atoms with E-state index in [1.54, 1.807) is 0 Å². The number of nitrogens with one attached hydrogen (secondary N) is 2.